The molecule has 2 saturated heterocycles. The van der Waals surface area contributed by atoms with Gasteiger partial charge in [0.05, 0.1) is 19.3 Å². The van der Waals surface area contributed by atoms with Crippen LogP contribution in [0.25, 0.3) is 0 Å². The normalized spacial score (nSPS) is 27.6. The zero-order chi connectivity index (χ0) is 16.3. The fraction of sp³-hybridized carbons (Fsp3) is 0.706. The van der Waals surface area contributed by atoms with E-state index in [1.54, 1.807) is 7.11 Å². The number of ether oxygens (including phenoxy) is 3. The van der Waals surface area contributed by atoms with E-state index in [2.05, 4.69) is 0 Å². The second-order valence-electron chi connectivity index (χ2n) is 6.32. The zero-order valence-electron chi connectivity index (χ0n) is 13.9. The third-order valence-corrected chi connectivity index (χ3v) is 5.71. The number of thiophene rings is 1. The average molecular weight is 339 g/mol. The molecule has 1 aromatic heterocycles. The van der Waals surface area contributed by atoms with Crippen LogP contribution in [0.1, 0.15) is 35.9 Å². The minimum Gasteiger partial charge on any atom is -0.492 e. The average Bonchev–Trinajstić information content (AvgIpc) is 3.02. The number of methoxy groups -OCH3 is 1. The van der Waals surface area contributed by atoms with Gasteiger partial charge < -0.3 is 19.1 Å². The van der Waals surface area contributed by atoms with Crippen LogP contribution < -0.4 is 4.74 Å². The number of nitrogens with zero attached hydrogens (tertiary/aromatic N) is 1. The van der Waals surface area contributed by atoms with Crippen molar-refractivity contribution in [1.29, 1.82) is 0 Å². The van der Waals surface area contributed by atoms with Crippen LogP contribution in [0.15, 0.2) is 11.4 Å². The molecule has 3 rings (SSSR count). The third kappa shape index (κ3) is 3.25. The van der Waals surface area contributed by atoms with E-state index in [1.165, 1.54) is 11.3 Å². The molecule has 0 spiro atoms. The second-order valence-corrected chi connectivity index (χ2v) is 7.24. The Hall–Kier alpha value is -1.11. The van der Waals surface area contributed by atoms with Crippen molar-refractivity contribution in [2.45, 2.75) is 32.3 Å². The van der Waals surface area contributed by atoms with E-state index in [0.717, 1.165) is 32.4 Å². The molecule has 2 fully saturated rings. The maximum atomic E-state index is 13.0. The minimum absolute atomic E-state index is 0.0655. The van der Waals surface area contributed by atoms with Crippen LogP contribution in [0.3, 0.4) is 0 Å². The Bertz CT molecular complexity index is 542. The van der Waals surface area contributed by atoms with Crippen molar-refractivity contribution < 1.29 is 19.0 Å². The lowest BCUT2D eigenvalue weighted by Crippen LogP contribution is -2.57. The third-order valence-electron chi connectivity index (χ3n) is 4.83. The van der Waals surface area contributed by atoms with E-state index in [0.29, 0.717) is 30.4 Å². The minimum atomic E-state index is -0.0655. The van der Waals surface area contributed by atoms with Crippen LogP contribution in [-0.4, -0.2) is 56.9 Å². The van der Waals surface area contributed by atoms with E-state index in [-0.39, 0.29) is 17.4 Å². The van der Waals surface area contributed by atoms with Gasteiger partial charge in [-0.25, -0.2) is 0 Å². The maximum absolute atomic E-state index is 13.0. The molecule has 128 valence electrons. The summed E-state index contributed by atoms with van der Waals surface area (Å²) in [5, 5.41) is 1.92. The lowest BCUT2D eigenvalue weighted by Gasteiger charge is -2.50. The first-order valence-electron chi connectivity index (χ1n) is 8.30. The van der Waals surface area contributed by atoms with Crippen LogP contribution in [0.4, 0.5) is 0 Å². The largest absolute Gasteiger partial charge is 0.492 e. The van der Waals surface area contributed by atoms with Crippen LogP contribution in [-0.2, 0) is 9.47 Å². The summed E-state index contributed by atoms with van der Waals surface area (Å²) in [5.74, 6) is 0.772. The van der Waals surface area contributed by atoms with Gasteiger partial charge in [0.1, 0.15) is 10.6 Å². The zero-order valence-corrected chi connectivity index (χ0v) is 14.7. The van der Waals surface area contributed by atoms with Gasteiger partial charge in [0.25, 0.3) is 5.91 Å². The standard InChI is InChI=1S/C17H25NO4S/c1-3-21-13-6-10-23-15(13)16(19)18-8-5-14-17(11-18,12-20-2)7-4-9-22-14/h6,10,14H,3-5,7-9,11-12H2,1-2H3/t14-,17+/m0/s1. The summed E-state index contributed by atoms with van der Waals surface area (Å²) < 4.78 is 17.0. The second kappa shape index (κ2) is 7.20. The first kappa shape index (κ1) is 16.7. The van der Waals surface area contributed by atoms with Gasteiger partial charge >= 0.3 is 0 Å². The highest BCUT2D eigenvalue weighted by atomic mass is 32.1. The maximum Gasteiger partial charge on any atom is 0.267 e. The van der Waals surface area contributed by atoms with Gasteiger partial charge in [-0.2, -0.15) is 0 Å². The molecular weight excluding hydrogens is 314 g/mol. The molecule has 2 aliphatic heterocycles. The fourth-order valence-electron chi connectivity index (χ4n) is 3.83. The number of amides is 1. The molecule has 0 bridgehead atoms. The molecule has 23 heavy (non-hydrogen) atoms. The molecule has 2 aliphatic rings. The Morgan fingerprint density at radius 2 is 2.43 bits per heavy atom. The van der Waals surface area contributed by atoms with Crippen LogP contribution >= 0.6 is 11.3 Å². The monoisotopic (exact) mass is 339 g/mol. The first-order chi connectivity index (χ1) is 11.2. The van der Waals surface area contributed by atoms with Crippen molar-refractivity contribution in [1.82, 2.24) is 4.90 Å². The van der Waals surface area contributed by atoms with E-state index in [1.807, 2.05) is 23.3 Å². The number of fused-ring (bicyclic) bond motifs is 1. The highest BCUT2D eigenvalue weighted by Crippen LogP contribution is 2.41. The van der Waals surface area contributed by atoms with Gasteiger partial charge in [-0.1, -0.05) is 0 Å². The summed E-state index contributed by atoms with van der Waals surface area (Å²) in [6, 6.07) is 1.88. The van der Waals surface area contributed by atoms with E-state index >= 15 is 0 Å². The Morgan fingerprint density at radius 1 is 1.57 bits per heavy atom. The number of rotatable bonds is 5. The predicted octanol–water partition coefficient (Wildman–Crippen LogP) is 2.80. The van der Waals surface area contributed by atoms with Crippen LogP contribution in [0.5, 0.6) is 5.75 Å². The predicted molar refractivity (Wildman–Crippen MR) is 89.3 cm³/mol. The van der Waals surface area contributed by atoms with Gasteiger partial charge in [-0.3, -0.25) is 4.79 Å². The van der Waals surface area contributed by atoms with Crippen LogP contribution in [0, 0.1) is 5.41 Å². The number of carbonyl (C=O) groups excluding carboxylic acids is 1. The van der Waals surface area contributed by atoms with Crippen molar-refractivity contribution >= 4 is 17.2 Å². The molecule has 0 N–H and O–H groups in total. The summed E-state index contributed by atoms with van der Waals surface area (Å²) in [4.78, 5) is 15.6. The molecule has 0 saturated carbocycles. The highest BCUT2D eigenvalue weighted by Gasteiger charge is 2.47. The lowest BCUT2D eigenvalue weighted by molar-refractivity contribution is -0.142. The van der Waals surface area contributed by atoms with Crippen molar-refractivity contribution in [2.75, 3.05) is 40.0 Å². The summed E-state index contributed by atoms with van der Waals surface area (Å²) in [6.45, 7) is 5.41. The lowest BCUT2D eigenvalue weighted by atomic mass is 9.73. The molecule has 1 aromatic rings. The molecule has 5 nitrogen and oxygen atoms in total. The quantitative estimate of drug-likeness (QED) is 0.828. The van der Waals surface area contributed by atoms with E-state index in [4.69, 9.17) is 14.2 Å². The Balaban J connectivity index is 1.78. The van der Waals surface area contributed by atoms with Crippen molar-refractivity contribution in [3.8, 4) is 5.75 Å². The molecule has 0 aromatic carbocycles. The highest BCUT2D eigenvalue weighted by molar-refractivity contribution is 7.12. The van der Waals surface area contributed by atoms with Gasteiger partial charge in [0.2, 0.25) is 0 Å². The number of hydrogen-bond donors (Lipinski definition) is 0. The molecule has 6 heteroatoms. The molecule has 1 amide bonds. The van der Waals surface area contributed by atoms with Gasteiger partial charge in [-0.15, -0.1) is 11.3 Å². The van der Waals surface area contributed by atoms with E-state index < -0.39 is 0 Å². The smallest absolute Gasteiger partial charge is 0.267 e. The number of hydrogen-bond acceptors (Lipinski definition) is 5. The van der Waals surface area contributed by atoms with Gasteiger partial charge in [0.15, 0.2) is 0 Å². The van der Waals surface area contributed by atoms with Crippen LogP contribution in [0.2, 0.25) is 0 Å². The molecule has 2 atom stereocenters. The Labute approximate surface area is 141 Å². The summed E-state index contributed by atoms with van der Waals surface area (Å²) in [6.07, 6.45) is 3.17. The number of piperidine rings is 1. The first-order valence-corrected chi connectivity index (χ1v) is 9.18. The van der Waals surface area contributed by atoms with Gasteiger partial charge in [-0.05, 0) is 37.6 Å². The number of likely N-dealkylation sites (tertiary alicyclic amines) is 1. The molecular formula is C17H25NO4S. The topological polar surface area (TPSA) is 48.0 Å². The SMILES string of the molecule is CCOc1ccsc1C(=O)N1CC[C@@H]2OCCC[C@]2(COC)C1. The summed E-state index contributed by atoms with van der Waals surface area (Å²) in [5.41, 5.74) is -0.0655. The molecule has 0 unspecified atom stereocenters. The van der Waals surface area contributed by atoms with Crippen molar-refractivity contribution in [3.05, 3.63) is 16.3 Å². The van der Waals surface area contributed by atoms with Crippen molar-refractivity contribution in [2.24, 2.45) is 5.41 Å². The van der Waals surface area contributed by atoms with E-state index in [9.17, 15) is 4.79 Å². The molecule has 3 heterocycles. The summed E-state index contributed by atoms with van der Waals surface area (Å²) >= 11 is 1.45. The molecule has 0 aliphatic carbocycles. The van der Waals surface area contributed by atoms with Crippen molar-refractivity contribution in [3.63, 3.8) is 0 Å². The van der Waals surface area contributed by atoms with Gasteiger partial charge in [0, 0.05) is 32.2 Å². The summed E-state index contributed by atoms with van der Waals surface area (Å²) in [7, 11) is 1.73. The Morgan fingerprint density at radius 3 is 3.22 bits per heavy atom. The Kier molecular flexibility index (Phi) is 5.24. The molecule has 0 radical (unpaired) electrons. The fourth-order valence-corrected chi connectivity index (χ4v) is 4.63. The number of carbonyl (C=O) groups is 1.